The van der Waals surface area contributed by atoms with Crippen LogP contribution in [0.4, 0.5) is 0 Å². The van der Waals surface area contributed by atoms with Crippen LogP contribution in [0.2, 0.25) is 0 Å². The van der Waals surface area contributed by atoms with Gasteiger partial charge in [0.1, 0.15) is 12.6 Å². The fourth-order valence-corrected chi connectivity index (χ4v) is 2.86. The van der Waals surface area contributed by atoms with Crippen molar-refractivity contribution in [3.05, 3.63) is 0 Å². The van der Waals surface area contributed by atoms with Gasteiger partial charge in [-0.15, -0.1) is 11.8 Å². The van der Waals surface area contributed by atoms with Crippen LogP contribution in [-0.2, 0) is 9.59 Å². The topological polar surface area (TPSA) is 64.4 Å². The molecule has 0 aromatic rings. The standard InChI is InChI=1S/C12H19N3O2S/c1-12(2,3)11(17)15-8-18-7-9(15)10(16)14(4)6-5-13/h9H,6-8H2,1-4H3/t9-/m0/s1. The maximum atomic E-state index is 12.2. The normalized spacial score (nSPS) is 19.5. The lowest BCUT2D eigenvalue weighted by molar-refractivity contribution is -0.147. The highest BCUT2D eigenvalue weighted by molar-refractivity contribution is 7.99. The molecular formula is C12H19N3O2S. The van der Waals surface area contributed by atoms with Gasteiger partial charge in [0.15, 0.2) is 0 Å². The van der Waals surface area contributed by atoms with Crippen molar-refractivity contribution in [2.45, 2.75) is 26.8 Å². The molecular weight excluding hydrogens is 250 g/mol. The number of hydrogen-bond acceptors (Lipinski definition) is 4. The van der Waals surface area contributed by atoms with Gasteiger partial charge in [-0.05, 0) is 0 Å². The Kier molecular flexibility index (Phi) is 4.63. The summed E-state index contributed by atoms with van der Waals surface area (Å²) in [6.45, 7) is 5.59. The van der Waals surface area contributed by atoms with Gasteiger partial charge in [0.25, 0.3) is 0 Å². The summed E-state index contributed by atoms with van der Waals surface area (Å²) in [6, 6.07) is 1.51. The van der Waals surface area contributed by atoms with Gasteiger partial charge in [0, 0.05) is 18.2 Å². The Bertz CT molecular complexity index is 384. The molecule has 2 amide bonds. The van der Waals surface area contributed by atoms with E-state index in [1.807, 2.05) is 26.8 Å². The van der Waals surface area contributed by atoms with E-state index in [4.69, 9.17) is 5.26 Å². The van der Waals surface area contributed by atoms with Gasteiger partial charge in [-0.1, -0.05) is 20.8 Å². The number of hydrogen-bond donors (Lipinski definition) is 0. The summed E-state index contributed by atoms with van der Waals surface area (Å²) in [4.78, 5) is 27.4. The molecule has 1 aliphatic rings. The van der Waals surface area contributed by atoms with E-state index in [9.17, 15) is 9.59 Å². The number of rotatable bonds is 2. The summed E-state index contributed by atoms with van der Waals surface area (Å²) in [5.41, 5.74) is -0.489. The maximum absolute atomic E-state index is 12.2. The van der Waals surface area contributed by atoms with Crippen LogP contribution in [-0.4, -0.2) is 52.9 Å². The Balaban J connectivity index is 2.80. The molecule has 0 bridgehead atoms. The van der Waals surface area contributed by atoms with E-state index in [0.717, 1.165) is 0 Å². The number of nitriles is 1. The van der Waals surface area contributed by atoms with Crippen LogP contribution >= 0.6 is 11.8 Å². The Morgan fingerprint density at radius 3 is 2.61 bits per heavy atom. The second-order valence-corrected chi connectivity index (χ2v) is 6.39. The monoisotopic (exact) mass is 269 g/mol. The molecule has 0 aliphatic carbocycles. The molecule has 1 fully saturated rings. The highest BCUT2D eigenvalue weighted by Gasteiger charge is 2.39. The van der Waals surface area contributed by atoms with Crippen molar-refractivity contribution in [1.29, 1.82) is 5.26 Å². The van der Waals surface area contributed by atoms with Crippen molar-refractivity contribution >= 4 is 23.6 Å². The Morgan fingerprint density at radius 2 is 2.11 bits per heavy atom. The lowest BCUT2D eigenvalue weighted by Crippen LogP contribution is -2.50. The molecule has 0 N–H and O–H groups in total. The summed E-state index contributed by atoms with van der Waals surface area (Å²) in [7, 11) is 1.59. The zero-order valence-electron chi connectivity index (χ0n) is 11.3. The first-order chi connectivity index (χ1) is 8.29. The zero-order valence-corrected chi connectivity index (χ0v) is 12.1. The molecule has 1 aliphatic heterocycles. The van der Waals surface area contributed by atoms with E-state index in [0.29, 0.717) is 11.6 Å². The van der Waals surface area contributed by atoms with Crippen molar-refractivity contribution < 1.29 is 9.59 Å². The largest absolute Gasteiger partial charge is 0.331 e. The lowest BCUT2D eigenvalue weighted by Gasteiger charge is -2.31. The number of thioether (sulfide) groups is 1. The van der Waals surface area contributed by atoms with Gasteiger partial charge in [0.2, 0.25) is 11.8 Å². The molecule has 0 unspecified atom stereocenters. The molecule has 0 aromatic heterocycles. The number of carbonyl (C=O) groups excluding carboxylic acids is 2. The van der Waals surface area contributed by atoms with Gasteiger partial charge in [-0.3, -0.25) is 9.59 Å². The average molecular weight is 269 g/mol. The molecule has 0 radical (unpaired) electrons. The molecule has 5 nitrogen and oxygen atoms in total. The molecule has 1 rings (SSSR count). The van der Waals surface area contributed by atoms with Crippen LogP contribution < -0.4 is 0 Å². The van der Waals surface area contributed by atoms with Crippen molar-refractivity contribution in [3.8, 4) is 6.07 Å². The van der Waals surface area contributed by atoms with E-state index in [1.54, 1.807) is 23.7 Å². The number of amides is 2. The van der Waals surface area contributed by atoms with Gasteiger partial charge in [0.05, 0.1) is 11.9 Å². The van der Waals surface area contributed by atoms with Crippen molar-refractivity contribution in [3.63, 3.8) is 0 Å². The van der Waals surface area contributed by atoms with E-state index in [-0.39, 0.29) is 18.4 Å². The highest BCUT2D eigenvalue weighted by atomic mass is 32.2. The van der Waals surface area contributed by atoms with Crippen molar-refractivity contribution in [1.82, 2.24) is 9.80 Å². The van der Waals surface area contributed by atoms with E-state index >= 15 is 0 Å². The Morgan fingerprint density at radius 1 is 1.50 bits per heavy atom. The summed E-state index contributed by atoms with van der Waals surface area (Å²) in [6.07, 6.45) is 0. The van der Waals surface area contributed by atoms with Crippen LogP contribution in [0, 0.1) is 16.7 Å². The first kappa shape index (κ1) is 14.8. The van der Waals surface area contributed by atoms with Gasteiger partial charge in [-0.2, -0.15) is 5.26 Å². The number of carbonyl (C=O) groups is 2. The second kappa shape index (κ2) is 5.61. The Labute approximate surface area is 112 Å². The van der Waals surface area contributed by atoms with E-state index in [2.05, 4.69) is 0 Å². The molecule has 18 heavy (non-hydrogen) atoms. The summed E-state index contributed by atoms with van der Waals surface area (Å²) in [5.74, 6) is 0.985. The fraction of sp³-hybridized carbons (Fsp3) is 0.750. The zero-order chi connectivity index (χ0) is 13.9. The third-order valence-electron chi connectivity index (χ3n) is 2.75. The molecule has 1 saturated heterocycles. The summed E-state index contributed by atoms with van der Waals surface area (Å²) < 4.78 is 0. The van der Waals surface area contributed by atoms with Gasteiger partial charge < -0.3 is 9.80 Å². The summed E-state index contributed by atoms with van der Waals surface area (Å²) >= 11 is 1.57. The maximum Gasteiger partial charge on any atom is 0.246 e. The molecule has 0 spiro atoms. The van der Waals surface area contributed by atoms with Crippen LogP contribution in [0.25, 0.3) is 0 Å². The predicted molar refractivity (Wildman–Crippen MR) is 70.7 cm³/mol. The molecule has 1 atom stereocenters. The predicted octanol–water partition coefficient (Wildman–Crippen LogP) is 0.916. The molecule has 100 valence electrons. The summed E-state index contributed by atoms with van der Waals surface area (Å²) in [5, 5.41) is 8.60. The quantitative estimate of drug-likeness (QED) is 0.699. The SMILES string of the molecule is CN(CC#N)C(=O)[C@@H]1CSCN1C(=O)C(C)(C)C. The minimum atomic E-state index is -0.489. The van der Waals surface area contributed by atoms with Gasteiger partial charge in [-0.25, -0.2) is 0 Å². The average Bonchev–Trinajstić information content (AvgIpc) is 2.74. The molecule has 6 heteroatoms. The second-order valence-electron chi connectivity index (χ2n) is 5.39. The van der Waals surface area contributed by atoms with Crippen molar-refractivity contribution in [2.24, 2.45) is 5.41 Å². The molecule has 1 heterocycles. The smallest absolute Gasteiger partial charge is 0.246 e. The minimum absolute atomic E-state index is 0.0174. The fourth-order valence-electron chi connectivity index (χ4n) is 1.72. The van der Waals surface area contributed by atoms with Crippen molar-refractivity contribution in [2.75, 3.05) is 25.2 Å². The third-order valence-corrected chi connectivity index (χ3v) is 3.77. The first-order valence-corrected chi connectivity index (χ1v) is 6.95. The lowest BCUT2D eigenvalue weighted by atomic mass is 9.94. The van der Waals surface area contributed by atoms with Crippen LogP contribution in [0.15, 0.2) is 0 Å². The van der Waals surface area contributed by atoms with Gasteiger partial charge >= 0.3 is 0 Å². The van der Waals surface area contributed by atoms with Crippen LogP contribution in [0.1, 0.15) is 20.8 Å². The number of likely N-dealkylation sites (N-methyl/N-ethyl adjacent to an activating group) is 1. The Hall–Kier alpha value is -1.22. The minimum Gasteiger partial charge on any atom is -0.331 e. The number of nitrogens with zero attached hydrogens (tertiary/aromatic N) is 3. The first-order valence-electron chi connectivity index (χ1n) is 5.79. The van der Waals surface area contributed by atoms with E-state index in [1.165, 1.54) is 4.90 Å². The molecule has 0 saturated carbocycles. The van der Waals surface area contributed by atoms with Crippen LogP contribution in [0.3, 0.4) is 0 Å². The molecule has 0 aromatic carbocycles. The highest BCUT2D eigenvalue weighted by Crippen LogP contribution is 2.28. The third kappa shape index (κ3) is 3.16. The van der Waals surface area contributed by atoms with Crippen LogP contribution in [0.5, 0.6) is 0 Å². The van der Waals surface area contributed by atoms with E-state index < -0.39 is 11.5 Å².